The molecule has 0 aliphatic rings. The summed E-state index contributed by atoms with van der Waals surface area (Å²) in [5, 5.41) is 2.99. The minimum Gasteiger partial charge on any atom is -0.468 e. The van der Waals surface area contributed by atoms with Gasteiger partial charge in [-0.3, -0.25) is 4.79 Å². The molecule has 0 bridgehead atoms. The van der Waals surface area contributed by atoms with E-state index in [0.29, 0.717) is 12.5 Å². The Labute approximate surface area is 68.1 Å². The third kappa shape index (κ3) is 7.33. The van der Waals surface area contributed by atoms with Crippen LogP contribution in [-0.4, -0.2) is 26.2 Å². The second-order valence-corrected chi connectivity index (χ2v) is 2.94. The molecule has 0 unspecified atom stereocenters. The lowest BCUT2D eigenvalue weighted by Crippen LogP contribution is -2.25. The summed E-state index contributed by atoms with van der Waals surface area (Å²) < 4.78 is 4.46. The molecule has 0 amide bonds. The molecule has 0 aliphatic carbocycles. The van der Waals surface area contributed by atoms with Crippen molar-refractivity contribution in [3.05, 3.63) is 0 Å². The maximum absolute atomic E-state index is 10.6. The first-order valence-electron chi connectivity index (χ1n) is 3.94. The van der Waals surface area contributed by atoms with Crippen molar-refractivity contribution in [1.82, 2.24) is 5.32 Å². The predicted molar refractivity (Wildman–Crippen MR) is 44.3 cm³/mol. The number of methoxy groups -OCH3 is 1. The number of hydrogen-bond acceptors (Lipinski definition) is 3. The van der Waals surface area contributed by atoms with Gasteiger partial charge in [-0.1, -0.05) is 13.8 Å². The monoisotopic (exact) mass is 159 g/mol. The van der Waals surface area contributed by atoms with Crippen molar-refractivity contribution in [2.24, 2.45) is 5.92 Å². The number of carbonyl (C=O) groups excluding carboxylic acids is 1. The second-order valence-electron chi connectivity index (χ2n) is 2.94. The maximum atomic E-state index is 10.6. The van der Waals surface area contributed by atoms with E-state index in [-0.39, 0.29) is 5.97 Å². The zero-order chi connectivity index (χ0) is 8.69. The van der Waals surface area contributed by atoms with Crippen LogP contribution < -0.4 is 5.32 Å². The van der Waals surface area contributed by atoms with E-state index in [1.807, 2.05) is 0 Å². The SMILES string of the molecule is COC(=O)CNCCC(C)C. The van der Waals surface area contributed by atoms with Gasteiger partial charge < -0.3 is 10.1 Å². The molecule has 0 atom stereocenters. The van der Waals surface area contributed by atoms with E-state index in [1.165, 1.54) is 7.11 Å². The van der Waals surface area contributed by atoms with Gasteiger partial charge >= 0.3 is 5.97 Å². The standard InChI is InChI=1S/C8H17NO2/c1-7(2)4-5-9-6-8(10)11-3/h7,9H,4-6H2,1-3H3. The molecule has 3 heteroatoms. The molecule has 11 heavy (non-hydrogen) atoms. The third-order valence-corrected chi connectivity index (χ3v) is 1.40. The minimum atomic E-state index is -0.200. The van der Waals surface area contributed by atoms with Crippen molar-refractivity contribution in [2.75, 3.05) is 20.2 Å². The van der Waals surface area contributed by atoms with Gasteiger partial charge in [0.1, 0.15) is 0 Å². The summed E-state index contributed by atoms with van der Waals surface area (Å²) in [7, 11) is 1.40. The van der Waals surface area contributed by atoms with E-state index in [0.717, 1.165) is 13.0 Å². The van der Waals surface area contributed by atoms with Crippen LogP contribution in [0.5, 0.6) is 0 Å². The minimum absolute atomic E-state index is 0.200. The summed E-state index contributed by atoms with van der Waals surface area (Å²) in [6.07, 6.45) is 1.09. The summed E-state index contributed by atoms with van der Waals surface area (Å²) in [4.78, 5) is 10.6. The Morgan fingerprint density at radius 1 is 1.55 bits per heavy atom. The van der Waals surface area contributed by atoms with Crippen LogP contribution >= 0.6 is 0 Å². The maximum Gasteiger partial charge on any atom is 0.319 e. The van der Waals surface area contributed by atoms with Crippen molar-refractivity contribution in [3.8, 4) is 0 Å². The lowest BCUT2D eigenvalue weighted by molar-refractivity contribution is -0.139. The van der Waals surface area contributed by atoms with Gasteiger partial charge in [0.05, 0.1) is 13.7 Å². The molecule has 0 aromatic carbocycles. The predicted octanol–water partition coefficient (Wildman–Crippen LogP) is 0.795. The molecule has 66 valence electrons. The molecule has 0 aromatic heterocycles. The van der Waals surface area contributed by atoms with Gasteiger partial charge in [-0.05, 0) is 18.9 Å². The van der Waals surface area contributed by atoms with Crippen molar-refractivity contribution >= 4 is 5.97 Å². The molecule has 0 saturated carbocycles. The van der Waals surface area contributed by atoms with Crippen LogP contribution in [-0.2, 0) is 9.53 Å². The number of ether oxygens (including phenoxy) is 1. The average molecular weight is 159 g/mol. The number of nitrogens with one attached hydrogen (secondary N) is 1. The molecule has 0 rings (SSSR count). The topological polar surface area (TPSA) is 38.3 Å². The molecule has 0 saturated heterocycles. The van der Waals surface area contributed by atoms with Crippen LogP contribution in [0.15, 0.2) is 0 Å². The third-order valence-electron chi connectivity index (χ3n) is 1.40. The molecular weight excluding hydrogens is 142 g/mol. The summed E-state index contributed by atoms with van der Waals surface area (Å²) in [5.41, 5.74) is 0. The highest BCUT2D eigenvalue weighted by Crippen LogP contribution is 1.95. The first-order chi connectivity index (χ1) is 5.16. The van der Waals surface area contributed by atoms with E-state index in [1.54, 1.807) is 0 Å². The van der Waals surface area contributed by atoms with Gasteiger partial charge in [0.15, 0.2) is 0 Å². The van der Waals surface area contributed by atoms with Crippen LogP contribution in [0.25, 0.3) is 0 Å². The largest absolute Gasteiger partial charge is 0.468 e. The number of esters is 1. The Hall–Kier alpha value is -0.570. The summed E-state index contributed by atoms with van der Waals surface area (Å²) in [6.45, 7) is 5.51. The second kappa shape index (κ2) is 6.16. The van der Waals surface area contributed by atoms with E-state index in [4.69, 9.17) is 0 Å². The van der Waals surface area contributed by atoms with Gasteiger partial charge in [0, 0.05) is 0 Å². The molecular formula is C8H17NO2. The van der Waals surface area contributed by atoms with Crippen LogP contribution in [0.2, 0.25) is 0 Å². The van der Waals surface area contributed by atoms with E-state index >= 15 is 0 Å². The molecule has 0 spiro atoms. The van der Waals surface area contributed by atoms with Gasteiger partial charge in [0.25, 0.3) is 0 Å². The Morgan fingerprint density at radius 2 is 2.18 bits per heavy atom. The fourth-order valence-corrected chi connectivity index (χ4v) is 0.653. The summed E-state index contributed by atoms with van der Waals surface area (Å²) in [6, 6.07) is 0. The van der Waals surface area contributed by atoms with Crippen LogP contribution in [0.1, 0.15) is 20.3 Å². The van der Waals surface area contributed by atoms with Crippen LogP contribution in [0.4, 0.5) is 0 Å². The zero-order valence-electron chi connectivity index (χ0n) is 7.52. The first-order valence-corrected chi connectivity index (χ1v) is 3.94. The lowest BCUT2D eigenvalue weighted by atomic mass is 10.1. The fraction of sp³-hybridized carbons (Fsp3) is 0.875. The average Bonchev–Trinajstić information content (AvgIpc) is 1.97. The van der Waals surface area contributed by atoms with E-state index in [9.17, 15) is 4.79 Å². The van der Waals surface area contributed by atoms with E-state index < -0.39 is 0 Å². The molecule has 3 nitrogen and oxygen atoms in total. The van der Waals surface area contributed by atoms with Gasteiger partial charge in [-0.15, -0.1) is 0 Å². The fourth-order valence-electron chi connectivity index (χ4n) is 0.653. The number of rotatable bonds is 5. The Balaban J connectivity index is 3.08. The molecule has 0 heterocycles. The Kier molecular flexibility index (Phi) is 5.84. The van der Waals surface area contributed by atoms with Crippen LogP contribution in [0, 0.1) is 5.92 Å². The molecule has 1 N–H and O–H groups in total. The zero-order valence-corrected chi connectivity index (χ0v) is 7.52. The molecule has 0 radical (unpaired) electrons. The highest BCUT2D eigenvalue weighted by atomic mass is 16.5. The number of hydrogen-bond donors (Lipinski definition) is 1. The summed E-state index contributed by atoms with van der Waals surface area (Å²) >= 11 is 0. The smallest absolute Gasteiger partial charge is 0.319 e. The molecule has 0 fully saturated rings. The highest BCUT2D eigenvalue weighted by Gasteiger charge is 1.98. The number of carbonyl (C=O) groups is 1. The van der Waals surface area contributed by atoms with Crippen molar-refractivity contribution in [2.45, 2.75) is 20.3 Å². The van der Waals surface area contributed by atoms with E-state index in [2.05, 4.69) is 23.9 Å². The van der Waals surface area contributed by atoms with Crippen molar-refractivity contribution in [1.29, 1.82) is 0 Å². The van der Waals surface area contributed by atoms with Gasteiger partial charge in [-0.2, -0.15) is 0 Å². The van der Waals surface area contributed by atoms with Gasteiger partial charge in [0.2, 0.25) is 0 Å². The Morgan fingerprint density at radius 3 is 2.64 bits per heavy atom. The quantitative estimate of drug-likeness (QED) is 0.476. The lowest BCUT2D eigenvalue weighted by Gasteiger charge is -2.04. The highest BCUT2D eigenvalue weighted by molar-refractivity contribution is 5.71. The van der Waals surface area contributed by atoms with Crippen LogP contribution in [0.3, 0.4) is 0 Å². The molecule has 0 aliphatic heterocycles. The van der Waals surface area contributed by atoms with Gasteiger partial charge in [-0.25, -0.2) is 0 Å². The first kappa shape index (κ1) is 10.4. The summed E-state index contributed by atoms with van der Waals surface area (Å²) in [5.74, 6) is 0.480. The van der Waals surface area contributed by atoms with Crippen molar-refractivity contribution < 1.29 is 9.53 Å². The van der Waals surface area contributed by atoms with Crippen molar-refractivity contribution in [3.63, 3.8) is 0 Å². The molecule has 0 aromatic rings. The normalized spacial score (nSPS) is 10.2. The Bertz CT molecular complexity index is 113.